The van der Waals surface area contributed by atoms with Gasteiger partial charge in [-0.3, -0.25) is 0 Å². The maximum Gasteiger partial charge on any atom is 0.0274 e. The molecule has 0 heterocycles. The fourth-order valence-electron chi connectivity index (χ4n) is 0.733. The van der Waals surface area contributed by atoms with Crippen molar-refractivity contribution in [1.29, 1.82) is 0 Å². The minimum atomic E-state index is 0.271. The van der Waals surface area contributed by atoms with Gasteiger partial charge in [-0.15, -0.1) is 11.6 Å². The van der Waals surface area contributed by atoms with E-state index in [1.807, 2.05) is 6.08 Å². The summed E-state index contributed by atoms with van der Waals surface area (Å²) < 4.78 is 0. The molecule has 11 heavy (non-hydrogen) atoms. The second kappa shape index (κ2) is 5.42. The molecular weight excluding hydrogens is 156 g/mol. The van der Waals surface area contributed by atoms with Crippen LogP contribution in [0.1, 0.15) is 26.7 Å². The summed E-state index contributed by atoms with van der Waals surface area (Å²) in [4.78, 5) is 0. The Kier molecular flexibility index (Phi) is 5.31. The Hall–Kier alpha value is -0.230. The van der Waals surface area contributed by atoms with E-state index in [0.717, 1.165) is 18.7 Å². The minimum absolute atomic E-state index is 0.271. The lowest BCUT2D eigenvalue weighted by atomic mass is 9.90. The first kappa shape index (κ1) is 10.8. The van der Waals surface area contributed by atoms with Crippen molar-refractivity contribution >= 4 is 11.6 Å². The molecule has 0 unspecified atom stereocenters. The summed E-state index contributed by atoms with van der Waals surface area (Å²) in [5.41, 5.74) is 0.271. The van der Waals surface area contributed by atoms with Crippen LogP contribution in [0.4, 0.5) is 0 Å². The Morgan fingerprint density at radius 3 is 2.55 bits per heavy atom. The third kappa shape index (κ3) is 6.18. The molecular formula is C10H17Cl. The second-order valence-electron chi connectivity index (χ2n) is 3.50. The molecule has 0 aliphatic carbocycles. The van der Waals surface area contributed by atoms with Gasteiger partial charge in [0, 0.05) is 5.88 Å². The van der Waals surface area contributed by atoms with Gasteiger partial charge in [0.25, 0.3) is 0 Å². The van der Waals surface area contributed by atoms with Crippen molar-refractivity contribution in [2.24, 2.45) is 5.41 Å². The molecule has 0 aliphatic rings. The summed E-state index contributed by atoms with van der Waals surface area (Å²) in [6.07, 6.45) is 8.13. The van der Waals surface area contributed by atoms with Gasteiger partial charge >= 0.3 is 0 Å². The van der Waals surface area contributed by atoms with E-state index in [9.17, 15) is 0 Å². The molecule has 0 aliphatic heterocycles. The SMILES string of the molecule is C=C/C=C/CCC(C)(C)CCl. The Morgan fingerprint density at radius 2 is 2.09 bits per heavy atom. The van der Waals surface area contributed by atoms with Gasteiger partial charge in [0.05, 0.1) is 0 Å². The Labute approximate surface area is 74.9 Å². The normalized spacial score (nSPS) is 12.3. The Morgan fingerprint density at radius 1 is 1.45 bits per heavy atom. The van der Waals surface area contributed by atoms with Crippen molar-refractivity contribution in [3.8, 4) is 0 Å². The molecule has 0 radical (unpaired) electrons. The lowest BCUT2D eigenvalue weighted by Gasteiger charge is -2.19. The van der Waals surface area contributed by atoms with Crippen molar-refractivity contribution in [3.05, 3.63) is 24.8 Å². The van der Waals surface area contributed by atoms with Gasteiger partial charge in [-0.05, 0) is 18.3 Å². The van der Waals surface area contributed by atoms with E-state index in [2.05, 4.69) is 26.5 Å². The molecule has 1 heteroatoms. The van der Waals surface area contributed by atoms with E-state index in [4.69, 9.17) is 11.6 Å². The predicted molar refractivity (Wildman–Crippen MR) is 53.1 cm³/mol. The van der Waals surface area contributed by atoms with Crippen LogP contribution in [0.2, 0.25) is 0 Å². The quantitative estimate of drug-likeness (QED) is 0.438. The Bertz CT molecular complexity index is 134. The van der Waals surface area contributed by atoms with Gasteiger partial charge < -0.3 is 0 Å². The number of hydrogen-bond donors (Lipinski definition) is 0. The summed E-state index contributed by atoms with van der Waals surface area (Å²) in [5.74, 6) is 0.731. The molecule has 0 spiro atoms. The summed E-state index contributed by atoms with van der Waals surface area (Å²) >= 11 is 5.76. The van der Waals surface area contributed by atoms with E-state index in [0.29, 0.717) is 0 Å². The van der Waals surface area contributed by atoms with Crippen molar-refractivity contribution in [3.63, 3.8) is 0 Å². The molecule has 0 aromatic carbocycles. The van der Waals surface area contributed by atoms with Crippen LogP contribution < -0.4 is 0 Å². The average Bonchev–Trinajstić information content (AvgIpc) is 1.99. The highest BCUT2D eigenvalue weighted by Crippen LogP contribution is 2.23. The van der Waals surface area contributed by atoms with Gasteiger partial charge in [0.1, 0.15) is 0 Å². The molecule has 0 atom stereocenters. The number of halogens is 1. The second-order valence-corrected chi connectivity index (χ2v) is 3.77. The fraction of sp³-hybridized carbons (Fsp3) is 0.600. The van der Waals surface area contributed by atoms with E-state index in [-0.39, 0.29) is 5.41 Å². The van der Waals surface area contributed by atoms with E-state index in [1.165, 1.54) is 0 Å². The van der Waals surface area contributed by atoms with Crippen LogP contribution in [-0.4, -0.2) is 5.88 Å². The topological polar surface area (TPSA) is 0 Å². The summed E-state index contributed by atoms with van der Waals surface area (Å²) in [6, 6.07) is 0. The smallest absolute Gasteiger partial charge is 0.0274 e. The molecule has 0 rings (SSSR count). The molecule has 0 amide bonds. The van der Waals surface area contributed by atoms with Crippen LogP contribution in [0.25, 0.3) is 0 Å². The van der Waals surface area contributed by atoms with Crippen LogP contribution in [-0.2, 0) is 0 Å². The highest BCUT2D eigenvalue weighted by Gasteiger charge is 2.14. The van der Waals surface area contributed by atoms with Gasteiger partial charge in [-0.1, -0.05) is 38.7 Å². The molecule has 0 N–H and O–H groups in total. The lowest BCUT2D eigenvalue weighted by Crippen LogP contribution is -2.12. The van der Waals surface area contributed by atoms with Gasteiger partial charge in [0.15, 0.2) is 0 Å². The van der Waals surface area contributed by atoms with Crippen molar-refractivity contribution in [2.45, 2.75) is 26.7 Å². The molecule has 0 fully saturated rings. The molecule has 0 bridgehead atoms. The predicted octanol–water partition coefficient (Wildman–Crippen LogP) is 3.77. The largest absolute Gasteiger partial charge is 0.126 e. The number of rotatable bonds is 5. The van der Waals surface area contributed by atoms with Crippen molar-refractivity contribution < 1.29 is 0 Å². The zero-order valence-electron chi connectivity index (χ0n) is 7.44. The first-order valence-electron chi connectivity index (χ1n) is 3.96. The van der Waals surface area contributed by atoms with Gasteiger partial charge in [0.2, 0.25) is 0 Å². The number of hydrogen-bond acceptors (Lipinski definition) is 0. The number of alkyl halides is 1. The molecule has 64 valence electrons. The monoisotopic (exact) mass is 172 g/mol. The van der Waals surface area contributed by atoms with Crippen molar-refractivity contribution in [2.75, 3.05) is 5.88 Å². The molecule has 0 aromatic heterocycles. The van der Waals surface area contributed by atoms with Crippen LogP contribution >= 0.6 is 11.6 Å². The summed E-state index contributed by atoms with van der Waals surface area (Å²) in [5, 5.41) is 0. The van der Waals surface area contributed by atoms with E-state index in [1.54, 1.807) is 6.08 Å². The number of allylic oxidation sites excluding steroid dienone is 3. The maximum atomic E-state index is 5.76. The zero-order chi connectivity index (χ0) is 8.74. The summed E-state index contributed by atoms with van der Waals surface area (Å²) in [7, 11) is 0. The van der Waals surface area contributed by atoms with Crippen LogP contribution in [0.15, 0.2) is 24.8 Å². The highest BCUT2D eigenvalue weighted by atomic mass is 35.5. The highest BCUT2D eigenvalue weighted by molar-refractivity contribution is 6.18. The first-order valence-corrected chi connectivity index (χ1v) is 4.49. The summed E-state index contributed by atoms with van der Waals surface area (Å²) in [6.45, 7) is 7.97. The van der Waals surface area contributed by atoms with Crippen LogP contribution in [0.3, 0.4) is 0 Å². The Balaban J connectivity index is 3.52. The van der Waals surface area contributed by atoms with E-state index < -0.39 is 0 Å². The third-order valence-corrected chi connectivity index (χ3v) is 2.35. The zero-order valence-corrected chi connectivity index (χ0v) is 8.19. The molecule has 0 saturated carbocycles. The van der Waals surface area contributed by atoms with E-state index >= 15 is 0 Å². The minimum Gasteiger partial charge on any atom is -0.126 e. The average molecular weight is 173 g/mol. The molecule has 0 nitrogen and oxygen atoms in total. The lowest BCUT2D eigenvalue weighted by molar-refractivity contribution is 0.388. The molecule has 0 saturated heterocycles. The van der Waals surface area contributed by atoms with Crippen LogP contribution in [0.5, 0.6) is 0 Å². The van der Waals surface area contributed by atoms with Crippen LogP contribution in [0, 0.1) is 5.41 Å². The molecule has 0 aromatic rings. The maximum absolute atomic E-state index is 5.76. The standard InChI is InChI=1S/C10H17Cl/c1-4-5-6-7-8-10(2,3)9-11/h4-6H,1,7-9H2,2-3H3/b6-5+. The van der Waals surface area contributed by atoms with Crippen molar-refractivity contribution in [1.82, 2.24) is 0 Å². The first-order chi connectivity index (χ1) is 5.12. The fourth-order valence-corrected chi connectivity index (χ4v) is 0.867. The van der Waals surface area contributed by atoms with Gasteiger partial charge in [-0.25, -0.2) is 0 Å². The third-order valence-electron chi connectivity index (χ3n) is 1.62. The van der Waals surface area contributed by atoms with Gasteiger partial charge in [-0.2, -0.15) is 0 Å².